The Labute approximate surface area is 128 Å². The Balaban J connectivity index is 1.48. The van der Waals surface area contributed by atoms with Gasteiger partial charge in [0.1, 0.15) is 0 Å². The molecular weight excluding hydrogens is 266 g/mol. The van der Waals surface area contributed by atoms with Crippen LogP contribution in [0.3, 0.4) is 0 Å². The molecule has 1 amide bonds. The van der Waals surface area contributed by atoms with Crippen LogP contribution in [0.4, 0.5) is 0 Å². The van der Waals surface area contributed by atoms with Gasteiger partial charge in [-0.25, -0.2) is 0 Å². The molecule has 1 N–H and O–H groups in total. The molecular formula is C16H29N3O2. The predicted octanol–water partition coefficient (Wildman–Crippen LogP) is 0.557. The van der Waals surface area contributed by atoms with Gasteiger partial charge < -0.3 is 19.9 Å². The van der Waals surface area contributed by atoms with Gasteiger partial charge in [0, 0.05) is 26.2 Å². The fourth-order valence-electron chi connectivity index (χ4n) is 3.89. The van der Waals surface area contributed by atoms with Gasteiger partial charge in [0.2, 0.25) is 5.91 Å². The molecule has 0 radical (unpaired) electrons. The van der Waals surface area contributed by atoms with Crippen molar-refractivity contribution >= 4 is 5.91 Å². The Kier molecular flexibility index (Phi) is 5.49. The van der Waals surface area contributed by atoms with Crippen LogP contribution < -0.4 is 5.32 Å². The highest BCUT2D eigenvalue weighted by Crippen LogP contribution is 2.22. The van der Waals surface area contributed by atoms with Crippen LogP contribution >= 0.6 is 0 Å². The molecule has 5 heteroatoms. The number of hydrogen-bond acceptors (Lipinski definition) is 4. The number of carbonyl (C=O) groups excluding carboxylic acids is 1. The first-order valence-corrected chi connectivity index (χ1v) is 8.62. The lowest BCUT2D eigenvalue weighted by molar-refractivity contribution is -0.141. The highest BCUT2D eigenvalue weighted by atomic mass is 16.5. The van der Waals surface area contributed by atoms with Gasteiger partial charge in [-0.3, -0.25) is 4.79 Å². The number of hydrogen-bond donors (Lipinski definition) is 1. The van der Waals surface area contributed by atoms with E-state index in [9.17, 15) is 4.79 Å². The minimum atomic E-state index is 0.221. The highest BCUT2D eigenvalue weighted by molar-refractivity contribution is 5.79. The van der Waals surface area contributed by atoms with Crippen molar-refractivity contribution in [2.75, 3.05) is 59.0 Å². The Morgan fingerprint density at radius 3 is 2.62 bits per heavy atom. The van der Waals surface area contributed by atoms with Gasteiger partial charge in [-0.1, -0.05) is 0 Å². The van der Waals surface area contributed by atoms with Crippen LogP contribution in [0.25, 0.3) is 0 Å². The van der Waals surface area contributed by atoms with Crippen molar-refractivity contribution in [1.82, 2.24) is 15.1 Å². The van der Waals surface area contributed by atoms with Crippen molar-refractivity contribution < 1.29 is 9.53 Å². The Morgan fingerprint density at radius 2 is 1.86 bits per heavy atom. The van der Waals surface area contributed by atoms with E-state index in [0.29, 0.717) is 19.1 Å². The maximum absolute atomic E-state index is 12.6. The van der Waals surface area contributed by atoms with E-state index in [1.54, 1.807) is 0 Å². The van der Waals surface area contributed by atoms with E-state index in [0.717, 1.165) is 45.1 Å². The zero-order valence-corrected chi connectivity index (χ0v) is 13.1. The zero-order chi connectivity index (χ0) is 14.5. The van der Waals surface area contributed by atoms with Gasteiger partial charge in [0.15, 0.2) is 0 Å². The minimum Gasteiger partial charge on any atom is -0.378 e. The summed E-state index contributed by atoms with van der Waals surface area (Å²) in [6.45, 7) is 8.64. The number of rotatable bonds is 3. The van der Waals surface area contributed by atoms with E-state index in [-0.39, 0.29) is 5.92 Å². The normalized spacial score (nSPS) is 29.5. The maximum atomic E-state index is 12.6. The second-order valence-electron chi connectivity index (χ2n) is 6.73. The van der Waals surface area contributed by atoms with Crippen LogP contribution in [0.15, 0.2) is 0 Å². The van der Waals surface area contributed by atoms with E-state index < -0.39 is 0 Å². The summed E-state index contributed by atoms with van der Waals surface area (Å²) in [7, 11) is 0. The second-order valence-corrected chi connectivity index (χ2v) is 6.73. The quantitative estimate of drug-likeness (QED) is 0.826. The molecule has 3 heterocycles. The maximum Gasteiger partial charge on any atom is 0.227 e. The van der Waals surface area contributed by atoms with Gasteiger partial charge in [0.05, 0.1) is 19.1 Å². The molecule has 21 heavy (non-hydrogen) atoms. The molecule has 3 aliphatic heterocycles. The first-order chi connectivity index (χ1) is 10.3. The molecule has 3 rings (SSSR count). The Hall–Kier alpha value is -0.650. The molecule has 0 aliphatic carbocycles. The van der Waals surface area contributed by atoms with Crippen molar-refractivity contribution in [3.05, 3.63) is 0 Å². The van der Waals surface area contributed by atoms with Gasteiger partial charge in [-0.15, -0.1) is 0 Å². The summed E-state index contributed by atoms with van der Waals surface area (Å²) in [6, 6.07) is 0. The number of nitrogens with zero attached hydrogens (tertiary/aromatic N) is 2. The molecule has 0 spiro atoms. The van der Waals surface area contributed by atoms with Crippen molar-refractivity contribution in [2.24, 2.45) is 11.8 Å². The summed E-state index contributed by atoms with van der Waals surface area (Å²) in [5, 5.41) is 3.43. The van der Waals surface area contributed by atoms with E-state index in [1.807, 2.05) is 4.90 Å². The summed E-state index contributed by atoms with van der Waals surface area (Å²) in [6.07, 6.45) is 4.82. The Bertz CT molecular complexity index is 338. The molecule has 1 atom stereocenters. The van der Waals surface area contributed by atoms with Gasteiger partial charge in [-0.2, -0.15) is 0 Å². The van der Waals surface area contributed by atoms with Crippen molar-refractivity contribution in [2.45, 2.75) is 25.7 Å². The standard InChI is InChI=1S/C16H29N3O2/c20-16(19-8-10-21-11-9-19)15-2-1-7-18(13-15)12-14-3-5-17-6-4-14/h14-15,17H,1-13H2. The fraction of sp³-hybridized carbons (Fsp3) is 0.938. The first-order valence-electron chi connectivity index (χ1n) is 8.62. The lowest BCUT2D eigenvalue weighted by Gasteiger charge is -2.38. The lowest BCUT2D eigenvalue weighted by Crippen LogP contribution is -2.49. The van der Waals surface area contributed by atoms with E-state index in [2.05, 4.69) is 10.2 Å². The predicted molar refractivity (Wildman–Crippen MR) is 82.2 cm³/mol. The summed E-state index contributed by atoms with van der Waals surface area (Å²) in [4.78, 5) is 17.2. The third-order valence-corrected chi connectivity index (χ3v) is 5.15. The highest BCUT2D eigenvalue weighted by Gasteiger charge is 2.30. The molecule has 0 bridgehead atoms. The van der Waals surface area contributed by atoms with Gasteiger partial charge in [-0.05, 0) is 51.2 Å². The van der Waals surface area contributed by atoms with E-state index >= 15 is 0 Å². The monoisotopic (exact) mass is 295 g/mol. The topological polar surface area (TPSA) is 44.8 Å². The summed E-state index contributed by atoms with van der Waals surface area (Å²) in [5.74, 6) is 1.41. The van der Waals surface area contributed by atoms with Crippen LogP contribution in [0.2, 0.25) is 0 Å². The van der Waals surface area contributed by atoms with Crippen LogP contribution in [0, 0.1) is 11.8 Å². The largest absolute Gasteiger partial charge is 0.378 e. The number of morpholine rings is 1. The molecule has 1 unspecified atom stereocenters. The Morgan fingerprint density at radius 1 is 1.10 bits per heavy atom. The average molecular weight is 295 g/mol. The molecule has 0 saturated carbocycles. The number of ether oxygens (including phenoxy) is 1. The lowest BCUT2D eigenvalue weighted by atomic mass is 9.93. The number of carbonyl (C=O) groups is 1. The molecule has 5 nitrogen and oxygen atoms in total. The second kappa shape index (κ2) is 7.56. The number of piperidine rings is 2. The van der Waals surface area contributed by atoms with E-state index in [1.165, 1.54) is 32.4 Å². The molecule has 3 saturated heterocycles. The third kappa shape index (κ3) is 4.18. The fourth-order valence-corrected chi connectivity index (χ4v) is 3.89. The molecule has 3 fully saturated rings. The summed E-state index contributed by atoms with van der Waals surface area (Å²) >= 11 is 0. The van der Waals surface area contributed by atoms with Crippen molar-refractivity contribution in [1.29, 1.82) is 0 Å². The molecule has 0 aromatic heterocycles. The summed E-state index contributed by atoms with van der Waals surface area (Å²) in [5.41, 5.74) is 0. The van der Waals surface area contributed by atoms with Crippen molar-refractivity contribution in [3.8, 4) is 0 Å². The van der Waals surface area contributed by atoms with Gasteiger partial charge in [0.25, 0.3) is 0 Å². The smallest absolute Gasteiger partial charge is 0.227 e. The summed E-state index contributed by atoms with van der Waals surface area (Å²) < 4.78 is 5.35. The van der Waals surface area contributed by atoms with E-state index in [4.69, 9.17) is 4.74 Å². The van der Waals surface area contributed by atoms with Crippen molar-refractivity contribution in [3.63, 3.8) is 0 Å². The SMILES string of the molecule is O=C(C1CCCN(CC2CCNCC2)C1)N1CCOCC1. The van der Waals surface area contributed by atoms with Crippen LogP contribution in [-0.2, 0) is 9.53 Å². The molecule has 120 valence electrons. The average Bonchev–Trinajstić information content (AvgIpc) is 2.56. The molecule has 0 aromatic carbocycles. The number of likely N-dealkylation sites (tertiary alicyclic amines) is 1. The minimum absolute atomic E-state index is 0.221. The number of amides is 1. The molecule has 0 aromatic rings. The molecule has 3 aliphatic rings. The zero-order valence-electron chi connectivity index (χ0n) is 13.1. The first kappa shape index (κ1) is 15.3. The van der Waals surface area contributed by atoms with Crippen LogP contribution in [0.5, 0.6) is 0 Å². The van der Waals surface area contributed by atoms with Crippen LogP contribution in [0.1, 0.15) is 25.7 Å². The van der Waals surface area contributed by atoms with Crippen LogP contribution in [-0.4, -0.2) is 74.7 Å². The third-order valence-electron chi connectivity index (χ3n) is 5.15. The number of nitrogens with one attached hydrogen (secondary N) is 1. The van der Waals surface area contributed by atoms with Gasteiger partial charge >= 0.3 is 0 Å².